The first kappa shape index (κ1) is 22.2. The monoisotopic (exact) mass is 461 g/mol. The van der Waals surface area contributed by atoms with E-state index in [2.05, 4.69) is 28.9 Å². The maximum atomic E-state index is 15.2. The second-order valence-corrected chi connectivity index (χ2v) is 9.29. The van der Waals surface area contributed by atoms with Gasteiger partial charge in [-0.05, 0) is 18.1 Å². The average molecular weight is 462 g/mol. The molecule has 9 heteroatoms. The number of fused-ring (bicyclic) bond motifs is 1. The fraction of sp³-hybridized carbons (Fsp3) is 0.360. The zero-order chi connectivity index (χ0) is 23.8. The van der Waals surface area contributed by atoms with Crippen molar-refractivity contribution in [2.24, 2.45) is 13.0 Å². The van der Waals surface area contributed by atoms with E-state index in [4.69, 9.17) is 4.98 Å². The van der Waals surface area contributed by atoms with E-state index in [-0.39, 0.29) is 18.3 Å². The fourth-order valence-electron chi connectivity index (χ4n) is 4.46. The molecule has 1 aliphatic rings. The molecule has 0 saturated carbocycles. The van der Waals surface area contributed by atoms with Crippen molar-refractivity contribution in [2.75, 3.05) is 26.2 Å². The molecule has 1 aliphatic heterocycles. The molecule has 0 N–H and O–H groups in total. The quantitative estimate of drug-likeness (QED) is 0.441. The SMILES string of the molecule is CC(C)CN1CCN(Cc2ccc(-c3nc(-c4cnn(C)c4)cn4nccc34)cc2F)C(=O)C1. The molecule has 1 amide bonds. The van der Waals surface area contributed by atoms with Crippen molar-refractivity contribution in [3.05, 3.63) is 60.4 Å². The molecule has 1 saturated heterocycles. The summed E-state index contributed by atoms with van der Waals surface area (Å²) in [4.78, 5) is 21.3. The topological polar surface area (TPSA) is 71.6 Å². The number of nitrogens with zero attached hydrogens (tertiary/aromatic N) is 7. The van der Waals surface area contributed by atoms with Crippen LogP contribution in [-0.4, -0.2) is 66.3 Å². The van der Waals surface area contributed by atoms with E-state index in [1.807, 2.05) is 31.6 Å². The van der Waals surface area contributed by atoms with Crippen molar-refractivity contribution in [3.8, 4) is 22.5 Å². The number of piperazine rings is 1. The molecule has 4 aromatic rings. The normalized spacial score (nSPS) is 15.1. The van der Waals surface area contributed by atoms with E-state index in [1.165, 1.54) is 6.07 Å². The summed E-state index contributed by atoms with van der Waals surface area (Å²) in [6, 6.07) is 6.97. The molecule has 8 nitrogen and oxygen atoms in total. The van der Waals surface area contributed by atoms with Crippen molar-refractivity contribution >= 4 is 11.4 Å². The third-order valence-corrected chi connectivity index (χ3v) is 6.10. The van der Waals surface area contributed by atoms with Gasteiger partial charge < -0.3 is 4.90 Å². The first-order valence-corrected chi connectivity index (χ1v) is 11.5. The van der Waals surface area contributed by atoms with Gasteiger partial charge in [-0.3, -0.25) is 14.4 Å². The van der Waals surface area contributed by atoms with Crippen LogP contribution >= 0.6 is 0 Å². The number of benzene rings is 1. The molecule has 0 unspecified atom stereocenters. The number of halogens is 1. The van der Waals surface area contributed by atoms with Gasteiger partial charge in [0.1, 0.15) is 5.82 Å². The Morgan fingerprint density at radius 2 is 1.94 bits per heavy atom. The predicted molar refractivity (Wildman–Crippen MR) is 127 cm³/mol. The highest BCUT2D eigenvalue weighted by Crippen LogP contribution is 2.28. The molecule has 0 atom stereocenters. The van der Waals surface area contributed by atoms with E-state index >= 15 is 4.39 Å². The largest absolute Gasteiger partial charge is 0.336 e. The van der Waals surface area contributed by atoms with Crippen LogP contribution < -0.4 is 0 Å². The fourth-order valence-corrected chi connectivity index (χ4v) is 4.46. The number of aromatic nitrogens is 5. The summed E-state index contributed by atoms with van der Waals surface area (Å²) in [6.45, 7) is 7.27. The molecule has 0 aliphatic carbocycles. The molecule has 0 bridgehead atoms. The van der Waals surface area contributed by atoms with Crippen molar-refractivity contribution in [3.63, 3.8) is 0 Å². The first-order valence-electron chi connectivity index (χ1n) is 11.5. The van der Waals surface area contributed by atoms with Gasteiger partial charge in [0.15, 0.2) is 0 Å². The van der Waals surface area contributed by atoms with Gasteiger partial charge in [0.25, 0.3) is 0 Å². The molecular formula is C25H28FN7O. The van der Waals surface area contributed by atoms with Gasteiger partial charge >= 0.3 is 0 Å². The van der Waals surface area contributed by atoms with E-state index < -0.39 is 0 Å². The zero-order valence-corrected chi connectivity index (χ0v) is 19.6. The third-order valence-electron chi connectivity index (χ3n) is 6.10. The Morgan fingerprint density at radius 1 is 1.09 bits per heavy atom. The van der Waals surface area contributed by atoms with E-state index in [0.29, 0.717) is 41.5 Å². The van der Waals surface area contributed by atoms with E-state index in [9.17, 15) is 4.79 Å². The number of aryl methyl sites for hydroxylation is 1. The molecule has 5 rings (SSSR count). The Morgan fingerprint density at radius 3 is 2.65 bits per heavy atom. The molecule has 34 heavy (non-hydrogen) atoms. The molecule has 0 spiro atoms. The summed E-state index contributed by atoms with van der Waals surface area (Å²) in [5, 5.41) is 8.58. The lowest BCUT2D eigenvalue weighted by Gasteiger charge is -2.35. The minimum absolute atomic E-state index is 0.0437. The van der Waals surface area contributed by atoms with Crippen molar-refractivity contribution < 1.29 is 9.18 Å². The van der Waals surface area contributed by atoms with Crippen molar-refractivity contribution in [1.29, 1.82) is 0 Å². The predicted octanol–water partition coefficient (Wildman–Crippen LogP) is 3.24. The van der Waals surface area contributed by atoms with Crippen molar-refractivity contribution in [1.82, 2.24) is 34.2 Å². The molecule has 1 aromatic carbocycles. The highest BCUT2D eigenvalue weighted by atomic mass is 19.1. The average Bonchev–Trinajstić information content (AvgIpc) is 3.44. The summed E-state index contributed by atoms with van der Waals surface area (Å²) in [6.07, 6.45) is 7.15. The Kier molecular flexibility index (Phi) is 5.87. The summed E-state index contributed by atoms with van der Waals surface area (Å²) < 4.78 is 18.7. The molecular weight excluding hydrogens is 433 g/mol. The first-order chi connectivity index (χ1) is 16.4. The van der Waals surface area contributed by atoms with Crippen LogP contribution in [0.25, 0.3) is 28.0 Å². The number of hydrogen-bond donors (Lipinski definition) is 0. The van der Waals surface area contributed by atoms with Gasteiger partial charge in [-0.15, -0.1) is 0 Å². The lowest BCUT2D eigenvalue weighted by atomic mass is 10.1. The van der Waals surface area contributed by atoms with Crippen LogP contribution in [0.2, 0.25) is 0 Å². The highest BCUT2D eigenvalue weighted by Gasteiger charge is 2.25. The summed E-state index contributed by atoms with van der Waals surface area (Å²) >= 11 is 0. The molecule has 3 aromatic heterocycles. The van der Waals surface area contributed by atoms with Crippen LogP contribution in [0, 0.1) is 11.7 Å². The van der Waals surface area contributed by atoms with Crippen LogP contribution in [0.15, 0.2) is 49.1 Å². The molecule has 4 heterocycles. The lowest BCUT2D eigenvalue weighted by molar-refractivity contribution is -0.136. The Bertz CT molecular complexity index is 1340. The molecule has 0 radical (unpaired) electrons. The third kappa shape index (κ3) is 4.43. The minimum atomic E-state index is -0.346. The van der Waals surface area contributed by atoms with Crippen LogP contribution in [-0.2, 0) is 18.4 Å². The van der Waals surface area contributed by atoms with Gasteiger partial charge in [0.2, 0.25) is 5.91 Å². The van der Waals surface area contributed by atoms with Crippen LogP contribution in [0.5, 0.6) is 0 Å². The van der Waals surface area contributed by atoms with Gasteiger partial charge in [0, 0.05) is 56.1 Å². The van der Waals surface area contributed by atoms with Gasteiger partial charge in [-0.1, -0.05) is 26.0 Å². The van der Waals surface area contributed by atoms with Gasteiger partial charge in [-0.2, -0.15) is 10.2 Å². The highest BCUT2D eigenvalue weighted by molar-refractivity contribution is 5.80. The number of amides is 1. The Labute approximate surface area is 197 Å². The maximum absolute atomic E-state index is 15.2. The Balaban J connectivity index is 1.40. The minimum Gasteiger partial charge on any atom is -0.336 e. The summed E-state index contributed by atoms with van der Waals surface area (Å²) in [7, 11) is 1.85. The molecule has 176 valence electrons. The Hall–Kier alpha value is -3.59. The summed E-state index contributed by atoms with van der Waals surface area (Å²) in [5.41, 5.74) is 4.15. The number of rotatable bonds is 6. The van der Waals surface area contributed by atoms with Crippen LogP contribution in [0.3, 0.4) is 0 Å². The standard InChI is InChI=1S/C25H28FN7O/c1-17(2)12-31-8-9-32(24(34)16-31)14-19-5-4-18(10-21(19)26)25-23-6-7-27-33(23)15-22(29-25)20-11-28-30(3)13-20/h4-7,10-11,13,15,17H,8-9,12,14,16H2,1-3H3. The lowest BCUT2D eigenvalue weighted by Crippen LogP contribution is -2.50. The van der Waals surface area contributed by atoms with E-state index in [1.54, 1.807) is 32.6 Å². The second kappa shape index (κ2) is 8.98. The van der Waals surface area contributed by atoms with Gasteiger partial charge in [0.05, 0.1) is 42.0 Å². The smallest absolute Gasteiger partial charge is 0.237 e. The maximum Gasteiger partial charge on any atom is 0.237 e. The number of carbonyl (C=O) groups is 1. The van der Waals surface area contributed by atoms with Crippen LogP contribution in [0.1, 0.15) is 19.4 Å². The number of carbonyl (C=O) groups excluding carboxylic acids is 1. The zero-order valence-electron chi connectivity index (χ0n) is 19.6. The summed E-state index contributed by atoms with van der Waals surface area (Å²) in [5.74, 6) is 0.209. The van der Waals surface area contributed by atoms with E-state index in [0.717, 1.165) is 24.2 Å². The number of hydrogen-bond acceptors (Lipinski definition) is 5. The van der Waals surface area contributed by atoms with Crippen LogP contribution in [0.4, 0.5) is 4.39 Å². The molecule has 1 fully saturated rings. The van der Waals surface area contributed by atoms with Gasteiger partial charge in [-0.25, -0.2) is 13.9 Å². The van der Waals surface area contributed by atoms with Crippen molar-refractivity contribution in [2.45, 2.75) is 20.4 Å². The second-order valence-electron chi connectivity index (χ2n) is 9.29.